The van der Waals surface area contributed by atoms with Gasteiger partial charge in [0.25, 0.3) is 0 Å². The zero-order valence-corrected chi connectivity index (χ0v) is 17.7. The second-order valence-electron chi connectivity index (χ2n) is 7.35. The molecule has 2 N–H and O–H groups in total. The van der Waals surface area contributed by atoms with Gasteiger partial charge in [0.1, 0.15) is 17.8 Å². The van der Waals surface area contributed by atoms with E-state index in [1.54, 1.807) is 11.2 Å². The Bertz CT molecular complexity index is 967. The van der Waals surface area contributed by atoms with Gasteiger partial charge in [0.05, 0.1) is 5.39 Å². The first-order chi connectivity index (χ1) is 14.0. The molecule has 3 aromatic rings. The first-order valence-electron chi connectivity index (χ1n) is 10.1. The van der Waals surface area contributed by atoms with Crippen molar-refractivity contribution in [1.29, 1.82) is 0 Å². The predicted molar refractivity (Wildman–Crippen MR) is 117 cm³/mol. The number of aryl methyl sites for hydroxylation is 1. The number of rotatable bonds is 9. The van der Waals surface area contributed by atoms with Crippen LogP contribution in [-0.2, 0) is 17.8 Å². The molecule has 0 aliphatic rings. The van der Waals surface area contributed by atoms with E-state index in [2.05, 4.69) is 57.3 Å². The molecule has 0 atom stereocenters. The average molecular weight is 395 g/mol. The zero-order valence-electron chi connectivity index (χ0n) is 17.7. The first kappa shape index (κ1) is 20.8. The van der Waals surface area contributed by atoms with Crippen molar-refractivity contribution in [2.24, 2.45) is 0 Å². The van der Waals surface area contributed by atoms with Crippen molar-refractivity contribution in [1.82, 2.24) is 24.8 Å². The summed E-state index contributed by atoms with van der Waals surface area (Å²) in [4.78, 5) is 27.9. The van der Waals surface area contributed by atoms with Crippen molar-refractivity contribution in [2.45, 2.75) is 33.2 Å². The summed E-state index contributed by atoms with van der Waals surface area (Å²) in [6, 6.07) is 8.37. The highest BCUT2D eigenvalue weighted by Crippen LogP contribution is 2.27. The summed E-state index contributed by atoms with van der Waals surface area (Å²) in [5.74, 6) is 0.964. The summed E-state index contributed by atoms with van der Waals surface area (Å²) in [5, 5.41) is 4.45. The summed E-state index contributed by atoms with van der Waals surface area (Å²) in [6.07, 6.45) is 5.09. The zero-order chi connectivity index (χ0) is 20.8. The Labute approximate surface area is 172 Å². The number of amides is 1. The highest BCUT2D eigenvalue weighted by Gasteiger charge is 2.14. The van der Waals surface area contributed by atoms with Crippen LogP contribution in [0.25, 0.3) is 11.0 Å². The molecular weight excluding hydrogens is 364 g/mol. The highest BCUT2D eigenvalue weighted by molar-refractivity contribution is 5.92. The van der Waals surface area contributed by atoms with Crippen LogP contribution in [0, 0.1) is 0 Å². The minimum Gasteiger partial charge on any atom is -0.346 e. The Hall–Kier alpha value is -2.93. The number of nitrogens with zero attached hydrogens (tertiary/aromatic N) is 4. The number of carbonyl (C=O) groups excluding carboxylic acids is 1. The van der Waals surface area contributed by atoms with Gasteiger partial charge in [0, 0.05) is 45.0 Å². The number of nitrogens with one attached hydrogen (secondary N) is 2. The van der Waals surface area contributed by atoms with Crippen molar-refractivity contribution in [2.75, 3.05) is 32.5 Å². The molecule has 29 heavy (non-hydrogen) atoms. The van der Waals surface area contributed by atoms with Crippen LogP contribution in [0.15, 0.2) is 36.8 Å². The Kier molecular flexibility index (Phi) is 6.82. The van der Waals surface area contributed by atoms with Gasteiger partial charge < -0.3 is 20.1 Å². The van der Waals surface area contributed by atoms with Gasteiger partial charge in [-0.3, -0.25) is 4.79 Å². The van der Waals surface area contributed by atoms with Crippen LogP contribution in [-0.4, -0.2) is 57.8 Å². The summed E-state index contributed by atoms with van der Waals surface area (Å²) in [6.45, 7) is 6.28. The molecule has 0 unspecified atom stereocenters. The quantitative estimate of drug-likeness (QED) is 0.580. The molecular formula is C22H30N6O. The van der Waals surface area contributed by atoms with Crippen LogP contribution in [0.3, 0.4) is 0 Å². The number of benzene rings is 1. The lowest BCUT2D eigenvalue weighted by Crippen LogP contribution is -2.34. The van der Waals surface area contributed by atoms with Gasteiger partial charge >= 0.3 is 0 Å². The normalized spacial score (nSPS) is 11.2. The molecule has 0 saturated carbocycles. The minimum atomic E-state index is 0.166. The van der Waals surface area contributed by atoms with E-state index in [9.17, 15) is 4.79 Å². The van der Waals surface area contributed by atoms with Gasteiger partial charge in [-0.2, -0.15) is 0 Å². The number of hydrogen-bond acceptors (Lipinski definition) is 5. The number of likely N-dealkylation sites (N-methyl/N-ethyl adjacent to an activating group) is 2. The molecule has 1 aromatic carbocycles. The fourth-order valence-corrected chi connectivity index (χ4v) is 3.34. The molecule has 7 heteroatoms. The van der Waals surface area contributed by atoms with E-state index in [0.29, 0.717) is 13.0 Å². The van der Waals surface area contributed by atoms with E-state index in [1.807, 2.05) is 26.2 Å². The summed E-state index contributed by atoms with van der Waals surface area (Å²) < 4.78 is 0. The fourth-order valence-electron chi connectivity index (χ4n) is 3.34. The van der Waals surface area contributed by atoms with Gasteiger partial charge in [-0.1, -0.05) is 26.0 Å². The third-order valence-electron chi connectivity index (χ3n) is 5.14. The third kappa shape index (κ3) is 5.12. The molecule has 154 valence electrons. The lowest BCUT2D eigenvalue weighted by molar-refractivity contribution is -0.129. The van der Waals surface area contributed by atoms with E-state index in [0.717, 1.165) is 47.6 Å². The monoisotopic (exact) mass is 394 g/mol. The lowest BCUT2D eigenvalue weighted by atomic mass is 10.1. The van der Waals surface area contributed by atoms with Gasteiger partial charge in [-0.15, -0.1) is 0 Å². The molecule has 2 aromatic heterocycles. The maximum Gasteiger partial charge on any atom is 0.222 e. The van der Waals surface area contributed by atoms with Crippen molar-refractivity contribution >= 4 is 28.4 Å². The lowest BCUT2D eigenvalue weighted by Gasteiger charge is -2.22. The number of carbonyl (C=O) groups is 1. The van der Waals surface area contributed by atoms with Crippen molar-refractivity contribution in [3.63, 3.8) is 0 Å². The Morgan fingerprint density at radius 1 is 1.17 bits per heavy atom. The summed E-state index contributed by atoms with van der Waals surface area (Å²) in [7, 11) is 3.91. The Morgan fingerprint density at radius 3 is 2.76 bits per heavy atom. The van der Waals surface area contributed by atoms with Crippen molar-refractivity contribution in [3.05, 3.63) is 47.9 Å². The van der Waals surface area contributed by atoms with E-state index in [-0.39, 0.29) is 5.91 Å². The molecule has 0 aliphatic heterocycles. The molecule has 0 radical (unpaired) electrons. The second kappa shape index (κ2) is 9.52. The molecule has 0 saturated heterocycles. The first-order valence-corrected chi connectivity index (χ1v) is 10.1. The molecule has 0 bridgehead atoms. The fraction of sp³-hybridized carbons (Fsp3) is 0.409. The number of aromatic amines is 1. The van der Waals surface area contributed by atoms with E-state index >= 15 is 0 Å². The average Bonchev–Trinajstić information content (AvgIpc) is 3.15. The molecule has 0 fully saturated rings. The molecule has 0 spiro atoms. The number of hydrogen-bond donors (Lipinski definition) is 2. The van der Waals surface area contributed by atoms with Crippen molar-refractivity contribution < 1.29 is 4.79 Å². The maximum absolute atomic E-state index is 11.8. The number of fused-ring (bicyclic) bond motifs is 1. The summed E-state index contributed by atoms with van der Waals surface area (Å²) in [5.41, 5.74) is 4.24. The molecule has 2 heterocycles. The van der Waals surface area contributed by atoms with E-state index in [4.69, 9.17) is 0 Å². The number of anilines is 2. The van der Waals surface area contributed by atoms with Crippen molar-refractivity contribution in [3.8, 4) is 0 Å². The van der Waals surface area contributed by atoms with Crippen LogP contribution >= 0.6 is 0 Å². The van der Waals surface area contributed by atoms with E-state index in [1.165, 1.54) is 5.56 Å². The smallest absolute Gasteiger partial charge is 0.222 e. The van der Waals surface area contributed by atoms with Gasteiger partial charge in [0.2, 0.25) is 5.91 Å². The van der Waals surface area contributed by atoms with Crippen LogP contribution in [0.2, 0.25) is 0 Å². The van der Waals surface area contributed by atoms with Crippen LogP contribution < -0.4 is 5.32 Å². The topological polar surface area (TPSA) is 77.2 Å². The molecule has 3 rings (SSSR count). The second-order valence-corrected chi connectivity index (χ2v) is 7.35. The van der Waals surface area contributed by atoms with Crippen LogP contribution in [0.1, 0.15) is 31.4 Å². The summed E-state index contributed by atoms with van der Waals surface area (Å²) >= 11 is 0. The Balaban J connectivity index is 1.76. The molecule has 7 nitrogen and oxygen atoms in total. The van der Waals surface area contributed by atoms with E-state index < -0.39 is 0 Å². The molecule has 0 aliphatic carbocycles. The number of aromatic nitrogens is 3. The minimum absolute atomic E-state index is 0.166. The highest BCUT2D eigenvalue weighted by atomic mass is 16.2. The van der Waals surface area contributed by atoms with Crippen LogP contribution in [0.5, 0.6) is 0 Å². The standard InChI is InChI=1S/C22H30N6O/c1-5-16-8-7-9-18(12-16)26-22-20-17(13-23-21(20)24-15-25-22)14-27(3)10-11-28(4)19(29)6-2/h7-9,12-13,15H,5-6,10-11,14H2,1-4H3,(H2,23,24,25,26). The molecule has 1 amide bonds. The van der Waals surface area contributed by atoms with Gasteiger partial charge in [-0.25, -0.2) is 9.97 Å². The van der Waals surface area contributed by atoms with Crippen LogP contribution in [0.4, 0.5) is 11.5 Å². The maximum atomic E-state index is 11.8. The largest absolute Gasteiger partial charge is 0.346 e. The Morgan fingerprint density at radius 2 is 2.00 bits per heavy atom. The number of H-pyrrole nitrogens is 1. The van der Waals surface area contributed by atoms with Gasteiger partial charge in [-0.05, 0) is 36.7 Å². The SMILES string of the molecule is CCC(=O)N(C)CCN(C)Cc1c[nH]c2ncnc(Nc3cccc(CC)c3)c12. The van der Waals surface area contributed by atoms with Gasteiger partial charge in [0.15, 0.2) is 0 Å². The predicted octanol–water partition coefficient (Wildman–Crippen LogP) is 3.56. The third-order valence-corrected chi connectivity index (χ3v) is 5.14.